The first-order chi connectivity index (χ1) is 18.2. The Morgan fingerprint density at radius 2 is 1.71 bits per heavy atom. The van der Waals surface area contributed by atoms with Crippen LogP contribution >= 0.6 is 0 Å². The molecule has 0 spiro atoms. The van der Waals surface area contributed by atoms with Gasteiger partial charge in [0.15, 0.2) is 0 Å². The van der Waals surface area contributed by atoms with Crippen molar-refractivity contribution in [3.05, 3.63) is 95.1 Å². The van der Waals surface area contributed by atoms with E-state index in [1.807, 2.05) is 0 Å². The fourth-order valence-electron chi connectivity index (χ4n) is 4.32. The van der Waals surface area contributed by atoms with E-state index in [0.717, 1.165) is 30.5 Å². The number of hydrogen-bond acceptors (Lipinski definition) is 4. The number of carbonyl (C=O) groups excluding carboxylic acids is 2. The Balaban J connectivity index is 1.56. The summed E-state index contributed by atoms with van der Waals surface area (Å²) >= 11 is 0. The molecule has 0 aliphatic heterocycles. The zero-order valence-corrected chi connectivity index (χ0v) is 20.9. The second kappa shape index (κ2) is 11.6. The van der Waals surface area contributed by atoms with E-state index in [9.17, 15) is 27.9 Å². The second-order valence-corrected chi connectivity index (χ2v) is 9.29. The molecule has 0 radical (unpaired) electrons. The minimum atomic E-state index is -4.49. The van der Waals surface area contributed by atoms with E-state index in [4.69, 9.17) is 4.74 Å². The summed E-state index contributed by atoms with van der Waals surface area (Å²) in [5.41, 5.74) is 0.970. The Bertz CT molecular complexity index is 1260. The van der Waals surface area contributed by atoms with Crippen molar-refractivity contribution in [3.8, 4) is 11.5 Å². The Kier molecular flexibility index (Phi) is 8.24. The molecule has 6 nitrogen and oxygen atoms in total. The molecule has 1 atom stereocenters. The van der Waals surface area contributed by atoms with E-state index in [1.54, 1.807) is 53.4 Å². The van der Waals surface area contributed by atoms with Crippen LogP contribution in [0, 0.1) is 0 Å². The Labute approximate surface area is 219 Å². The number of amides is 2. The molecule has 0 bridgehead atoms. The van der Waals surface area contributed by atoms with Crippen LogP contribution in [0.15, 0.2) is 72.8 Å². The van der Waals surface area contributed by atoms with Gasteiger partial charge in [0.1, 0.15) is 17.5 Å². The molecule has 1 unspecified atom stereocenters. The molecule has 2 N–H and O–H groups in total. The third kappa shape index (κ3) is 6.85. The van der Waals surface area contributed by atoms with Crippen LogP contribution in [0.5, 0.6) is 11.5 Å². The van der Waals surface area contributed by atoms with Gasteiger partial charge in [-0.15, -0.1) is 0 Å². The number of halogens is 3. The smallest absolute Gasteiger partial charge is 0.416 e. The molecular weight excluding hydrogens is 497 g/mol. The van der Waals surface area contributed by atoms with E-state index in [-0.39, 0.29) is 30.7 Å². The lowest BCUT2D eigenvalue weighted by molar-refractivity contribution is -0.141. The second-order valence-electron chi connectivity index (χ2n) is 9.29. The average Bonchev–Trinajstić information content (AvgIpc) is 3.75. The van der Waals surface area contributed by atoms with Gasteiger partial charge in [-0.3, -0.25) is 9.59 Å². The van der Waals surface area contributed by atoms with Crippen LogP contribution in [-0.4, -0.2) is 35.0 Å². The summed E-state index contributed by atoms with van der Waals surface area (Å²) in [4.78, 5) is 28.6. The maximum atomic E-state index is 13.6. The maximum absolute atomic E-state index is 13.6. The minimum Gasteiger partial charge on any atom is -0.508 e. The highest BCUT2D eigenvalue weighted by Gasteiger charge is 2.41. The number of rotatable bonds is 10. The van der Waals surface area contributed by atoms with Crippen molar-refractivity contribution in [2.75, 3.05) is 7.11 Å². The number of ether oxygens (including phenoxy) is 1. The predicted octanol–water partition coefficient (Wildman–Crippen LogP) is 5.40. The summed E-state index contributed by atoms with van der Waals surface area (Å²) in [6, 6.07) is 17.2. The third-order valence-corrected chi connectivity index (χ3v) is 6.47. The molecule has 1 aliphatic carbocycles. The van der Waals surface area contributed by atoms with Crippen molar-refractivity contribution < 1.29 is 32.6 Å². The van der Waals surface area contributed by atoms with E-state index < -0.39 is 23.7 Å². The van der Waals surface area contributed by atoms with Crippen molar-refractivity contribution in [2.45, 2.75) is 50.5 Å². The lowest BCUT2D eigenvalue weighted by atomic mass is 10.0. The zero-order chi connectivity index (χ0) is 27.3. The Morgan fingerprint density at radius 1 is 1.03 bits per heavy atom. The van der Waals surface area contributed by atoms with Gasteiger partial charge in [-0.1, -0.05) is 36.4 Å². The molecule has 3 aromatic carbocycles. The van der Waals surface area contributed by atoms with Crippen LogP contribution in [0.1, 0.15) is 47.6 Å². The summed E-state index contributed by atoms with van der Waals surface area (Å²) in [7, 11) is 1.53. The number of alkyl halides is 3. The zero-order valence-electron chi connectivity index (χ0n) is 20.9. The molecule has 1 saturated carbocycles. The largest absolute Gasteiger partial charge is 0.508 e. The fourth-order valence-corrected chi connectivity index (χ4v) is 4.32. The van der Waals surface area contributed by atoms with Gasteiger partial charge in [0.25, 0.3) is 0 Å². The van der Waals surface area contributed by atoms with Crippen LogP contribution in [0.3, 0.4) is 0 Å². The molecule has 1 aliphatic rings. The highest BCUT2D eigenvalue weighted by Crippen LogP contribution is 2.36. The van der Waals surface area contributed by atoms with E-state index >= 15 is 0 Å². The monoisotopic (exact) mass is 526 g/mol. The van der Waals surface area contributed by atoms with E-state index in [0.29, 0.717) is 23.3 Å². The minimum absolute atomic E-state index is 0.103. The van der Waals surface area contributed by atoms with Gasteiger partial charge in [0.05, 0.1) is 12.7 Å². The summed E-state index contributed by atoms with van der Waals surface area (Å²) < 4.78 is 44.6. The maximum Gasteiger partial charge on any atom is 0.416 e. The quantitative estimate of drug-likeness (QED) is 0.371. The van der Waals surface area contributed by atoms with Gasteiger partial charge >= 0.3 is 6.18 Å². The number of aryl methyl sites for hydroxylation is 1. The van der Waals surface area contributed by atoms with Crippen LogP contribution in [0.4, 0.5) is 13.2 Å². The number of benzene rings is 3. The first-order valence-electron chi connectivity index (χ1n) is 12.3. The number of phenols is 1. The summed E-state index contributed by atoms with van der Waals surface area (Å²) in [6.45, 7) is -0.115. The SMILES string of the molecule is COc1ccc(C(C(=O)NCc2cccc(C(F)(F)F)c2)N(C(=O)CCc2ccc(O)cc2)C2CC2)cc1. The van der Waals surface area contributed by atoms with Crippen molar-refractivity contribution in [1.82, 2.24) is 10.2 Å². The van der Waals surface area contributed by atoms with Crippen molar-refractivity contribution >= 4 is 11.8 Å². The van der Waals surface area contributed by atoms with Crippen LogP contribution in [0.25, 0.3) is 0 Å². The summed E-state index contributed by atoms with van der Waals surface area (Å²) in [5, 5.41) is 12.2. The summed E-state index contributed by atoms with van der Waals surface area (Å²) in [5.74, 6) is 0.0540. The topological polar surface area (TPSA) is 78.9 Å². The molecule has 4 rings (SSSR count). The molecule has 0 saturated heterocycles. The van der Waals surface area contributed by atoms with E-state index in [1.165, 1.54) is 19.2 Å². The Morgan fingerprint density at radius 3 is 2.32 bits per heavy atom. The number of methoxy groups -OCH3 is 1. The van der Waals surface area contributed by atoms with Crippen LogP contribution < -0.4 is 10.1 Å². The molecule has 0 heterocycles. The first kappa shape index (κ1) is 27.0. The normalized spacial score (nSPS) is 14.0. The molecule has 200 valence electrons. The van der Waals surface area contributed by atoms with E-state index in [2.05, 4.69) is 5.32 Å². The third-order valence-electron chi connectivity index (χ3n) is 6.47. The molecule has 2 amide bonds. The standard InChI is InChI=1S/C29H29F3N2O4/c1-38-25-14-8-21(9-15-25)27(28(37)33-18-20-3-2-4-22(17-20)29(30,31)32)34(23-10-11-23)26(36)16-7-19-5-12-24(35)13-6-19/h2-6,8-9,12-15,17,23,27,35H,7,10-11,16,18H2,1H3,(H,33,37). The van der Waals surface area contributed by atoms with Gasteiger partial charge in [-0.05, 0) is 72.4 Å². The van der Waals surface area contributed by atoms with Gasteiger partial charge in [0, 0.05) is 19.0 Å². The highest BCUT2D eigenvalue weighted by atomic mass is 19.4. The highest BCUT2D eigenvalue weighted by molar-refractivity contribution is 5.89. The molecule has 9 heteroatoms. The number of carbonyl (C=O) groups is 2. The molecule has 1 fully saturated rings. The van der Waals surface area contributed by atoms with Crippen molar-refractivity contribution in [1.29, 1.82) is 0 Å². The first-order valence-corrected chi connectivity index (χ1v) is 12.3. The van der Waals surface area contributed by atoms with Gasteiger partial charge in [-0.25, -0.2) is 0 Å². The van der Waals surface area contributed by atoms with Gasteiger partial charge in [0.2, 0.25) is 11.8 Å². The predicted molar refractivity (Wildman–Crippen MR) is 135 cm³/mol. The molecule has 3 aromatic rings. The average molecular weight is 527 g/mol. The van der Waals surface area contributed by atoms with Gasteiger partial charge in [-0.2, -0.15) is 13.2 Å². The lowest BCUT2D eigenvalue weighted by Crippen LogP contribution is -2.45. The molecule has 38 heavy (non-hydrogen) atoms. The van der Waals surface area contributed by atoms with Crippen molar-refractivity contribution in [2.24, 2.45) is 0 Å². The molecule has 0 aromatic heterocycles. The fraction of sp³-hybridized carbons (Fsp3) is 0.310. The number of hydrogen-bond donors (Lipinski definition) is 2. The van der Waals surface area contributed by atoms with Gasteiger partial charge < -0.3 is 20.1 Å². The Hall–Kier alpha value is -4.01. The van der Waals surface area contributed by atoms with Crippen LogP contribution in [-0.2, 0) is 28.7 Å². The molecular formula is C29H29F3N2O4. The number of nitrogens with zero attached hydrogens (tertiary/aromatic N) is 1. The number of nitrogens with one attached hydrogen (secondary N) is 1. The van der Waals surface area contributed by atoms with Crippen molar-refractivity contribution in [3.63, 3.8) is 0 Å². The number of phenolic OH excluding ortho intramolecular Hbond substituents is 1. The van der Waals surface area contributed by atoms with Crippen LogP contribution in [0.2, 0.25) is 0 Å². The summed E-state index contributed by atoms with van der Waals surface area (Å²) in [6.07, 6.45) is -2.37. The number of aromatic hydroxyl groups is 1. The lowest BCUT2D eigenvalue weighted by Gasteiger charge is -2.32.